The number of aromatic carboxylic acids is 1. The molecule has 8 heteroatoms. The molecule has 0 radical (unpaired) electrons. The standard InChI is InChI=1S/C22H23N3O4S/c1-15-7-12-20(24-23-14-17-8-10-18(11-9-17)22(26)27)21(13-15)30(28,29)25-19-6-4-3-5-16(19)2/h3-13,23-25H,14H2,1-2H3,(H,26,27). The average molecular weight is 426 g/mol. The number of hydrogen-bond donors (Lipinski definition) is 4. The van der Waals surface area contributed by atoms with Crippen molar-refractivity contribution in [2.24, 2.45) is 0 Å². The summed E-state index contributed by atoms with van der Waals surface area (Å²) < 4.78 is 28.7. The van der Waals surface area contributed by atoms with Gasteiger partial charge in [0.15, 0.2) is 0 Å². The Labute approximate surface area is 175 Å². The van der Waals surface area contributed by atoms with Crippen LogP contribution in [0.4, 0.5) is 11.4 Å². The van der Waals surface area contributed by atoms with Crippen molar-refractivity contribution < 1.29 is 18.3 Å². The van der Waals surface area contributed by atoms with Gasteiger partial charge >= 0.3 is 5.97 Å². The minimum absolute atomic E-state index is 0.125. The van der Waals surface area contributed by atoms with Crippen molar-refractivity contribution in [2.75, 3.05) is 10.1 Å². The highest BCUT2D eigenvalue weighted by atomic mass is 32.2. The largest absolute Gasteiger partial charge is 0.478 e. The van der Waals surface area contributed by atoms with Gasteiger partial charge in [0, 0.05) is 6.54 Å². The van der Waals surface area contributed by atoms with Crippen molar-refractivity contribution >= 4 is 27.4 Å². The molecular formula is C22H23N3O4S. The summed E-state index contributed by atoms with van der Waals surface area (Å²) in [5, 5.41) is 8.96. The topological polar surface area (TPSA) is 108 Å². The molecule has 0 fully saturated rings. The van der Waals surface area contributed by atoms with Crippen LogP contribution < -0.4 is 15.6 Å². The van der Waals surface area contributed by atoms with E-state index in [0.717, 1.165) is 16.7 Å². The Balaban J connectivity index is 1.76. The highest BCUT2D eigenvalue weighted by Crippen LogP contribution is 2.26. The molecule has 0 unspecified atom stereocenters. The third kappa shape index (κ3) is 5.16. The average Bonchev–Trinajstić information content (AvgIpc) is 2.71. The van der Waals surface area contributed by atoms with E-state index < -0.39 is 16.0 Å². The predicted octanol–water partition coefficient (Wildman–Crippen LogP) is 3.92. The molecule has 0 bridgehead atoms. The number of carboxylic acid groups (broad SMARTS) is 1. The van der Waals surface area contributed by atoms with Gasteiger partial charge in [-0.15, -0.1) is 0 Å². The number of hydrogen-bond acceptors (Lipinski definition) is 5. The number of hydrazine groups is 1. The molecule has 7 nitrogen and oxygen atoms in total. The molecule has 3 rings (SSSR count). The van der Waals surface area contributed by atoms with Gasteiger partial charge in [-0.2, -0.15) is 0 Å². The number of anilines is 2. The maximum atomic E-state index is 13.0. The van der Waals surface area contributed by atoms with Gasteiger partial charge in [0.25, 0.3) is 10.0 Å². The van der Waals surface area contributed by atoms with Crippen LogP contribution >= 0.6 is 0 Å². The minimum Gasteiger partial charge on any atom is -0.478 e. The first-order valence-corrected chi connectivity index (χ1v) is 10.7. The van der Waals surface area contributed by atoms with Crippen LogP contribution in [-0.2, 0) is 16.6 Å². The van der Waals surface area contributed by atoms with Crippen LogP contribution in [0.1, 0.15) is 27.0 Å². The number of carboxylic acids is 1. The predicted molar refractivity (Wildman–Crippen MR) is 117 cm³/mol. The van der Waals surface area contributed by atoms with Crippen LogP contribution in [0.3, 0.4) is 0 Å². The molecule has 30 heavy (non-hydrogen) atoms. The van der Waals surface area contributed by atoms with E-state index in [-0.39, 0.29) is 10.5 Å². The Bertz CT molecular complexity index is 1160. The summed E-state index contributed by atoms with van der Waals surface area (Å²) in [6, 6.07) is 18.7. The second-order valence-corrected chi connectivity index (χ2v) is 8.55. The maximum Gasteiger partial charge on any atom is 0.335 e. The Morgan fingerprint density at radius 3 is 2.30 bits per heavy atom. The van der Waals surface area contributed by atoms with E-state index in [1.807, 2.05) is 32.0 Å². The Kier molecular flexibility index (Phi) is 6.39. The highest BCUT2D eigenvalue weighted by Gasteiger charge is 2.20. The van der Waals surface area contributed by atoms with Crippen LogP contribution in [0.5, 0.6) is 0 Å². The summed E-state index contributed by atoms with van der Waals surface area (Å²) >= 11 is 0. The maximum absolute atomic E-state index is 13.0. The molecule has 0 aromatic heterocycles. The molecule has 0 saturated carbocycles. The Morgan fingerprint density at radius 2 is 1.63 bits per heavy atom. The lowest BCUT2D eigenvalue weighted by molar-refractivity contribution is 0.0697. The lowest BCUT2D eigenvalue weighted by Crippen LogP contribution is -2.24. The van der Waals surface area contributed by atoms with Gasteiger partial charge in [-0.3, -0.25) is 4.72 Å². The van der Waals surface area contributed by atoms with Crippen molar-refractivity contribution in [1.29, 1.82) is 0 Å². The summed E-state index contributed by atoms with van der Waals surface area (Å²) in [4.78, 5) is 11.1. The first-order chi connectivity index (χ1) is 14.3. The smallest absolute Gasteiger partial charge is 0.335 e. The SMILES string of the molecule is Cc1ccc(NNCc2ccc(C(=O)O)cc2)c(S(=O)(=O)Nc2ccccc2C)c1. The number of sulfonamides is 1. The van der Waals surface area contributed by atoms with E-state index in [1.165, 1.54) is 12.1 Å². The van der Waals surface area contributed by atoms with E-state index >= 15 is 0 Å². The van der Waals surface area contributed by atoms with Crippen molar-refractivity contribution in [3.63, 3.8) is 0 Å². The summed E-state index contributed by atoms with van der Waals surface area (Å²) in [6.07, 6.45) is 0. The number of carbonyl (C=O) groups is 1. The number of benzene rings is 3. The number of nitrogens with one attached hydrogen (secondary N) is 3. The molecule has 0 atom stereocenters. The Morgan fingerprint density at radius 1 is 0.933 bits per heavy atom. The van der Waals surface area contributed by atoms with Gasteiger partial charge < -0.3 is 10.5 Å². The fraction of sp³-hybridized carbons (Fsp3) is 0.136. The second-order valence-electron chi connectivity index (χ2n) is 6.90. The van der Waals surface area contributed by atoms with E-state index in [0.29, 0.717) is 17.9 Å². The molecule has 0 aliphatic heterocycles. The van der Waals surface area contributed by atoms with E-state index in [4.69, 9.17) is 5.11 Å². The molecule has 0 aliphatic rings. The Hall–Kier alpha value is -3.36. The first kappa shape index (κ1) is 21.4. The molecule has 3 aromatic carbocycles. The molecular weight excluding hydrogens is 402 g/mol. The third-order valence-corrected chi connectivity index (χ3v) is 5.94. The molecule has 0 heterocycles. The lowest BCUT2D eigenvalue weighted by Gasteiger charge is -2.16. The van der Waals surface area contributed by atoms with Gasteiger partial charge in [0.2, 0.25) is 0 Å². The molecule has 0 amide bonds. The van der Waals surface area contributed by atoms with Gasteiger partial charge in [0.1, 0.15) is 4.90 Å². The summed E-state index contributed by atoms with van der Waals surface area (Å²) in [7, 11) is -3.82. The fourth-order valence-electron chi connectivity index (χ4n) is 2.85. The van der Waals surface area contributed by atoms with E-state index in [1.54, 1.807) is 36.4 Å². The molecule has 0 spiro atoms. The van der Waals surface area contributed by atoms with Gasteiger partial charge in [-0.05, 0) is 60.9 Å². The number of aryl methyl sites for hydroxylation is 2. The zero-order chi connectivity index (χ0) is 21.7. The molecule has 0 aliphatic carbocycles. The van der Waals surface area contributed by atoms with Crippen molar-refractivity contribution in [3.8, 4) is 0 Å². The van der Waals surface area contributed by atoms with E-state index in [9.17, 15) is 13.2 Å². The summed E-state index contributed by atoms with van der Waals surface area (Å²) in [5.74, 6) is -0.983. The molecule has 156 valence electrons. The number of para-hydroxylation sites is 1. The zero-order valence-corrected chi connectivity index (χ0v) is 17.5. The van der Waals surface area contributed by atoms with Crippen LogP contribution in [0.15, 0.2) is 71.6 Å². The van der Waals surface area contributed by atoms with Crippen molar-refractivity contribution in [3.05, 3.63) is 89.0 Å². The minimum atomic E-state index is -3.82. The van der Waals surface area contributed by atoms with Gasteiger partial charge in [-0.25, -0.2) is 18.6 Å². The van der Waals surface area contributed by atoms with Crippen LogP contribution in [-0.4, -0.2) is 19.5 Å². The molecule has 4 N–H and O–H groups in total. The quantitative estimate of drug-likeness (QED) is 0.408. The first-order valence-electron chi connectivity index (χ1n) is 9.26. The van der Waals surface area contributed by atoms with Crippen molar-refractivity contribution in [2.45, 2.75) is 25.3 Å². The summed E-state index contributed by atoms with van der Waals surface area (Å²) in [6.45, 7) is 4.04. The monoisotopic (exact) mass is 425 g/mol. The van der Waals surface area contributed by atoms with E-state index in [2.05, 4.69) is 15.6 Å². The molecule has 3 aromatic rings. The normalized spacial score (nSPS) is 11.1. The molecule has 0 saturated heterocycles. The lowest BCUT2D eigenvalue weighted by atomic mass is 10.1. The highest BCUT2D eigenvalue weighted by molar-refractivity contribution is 7.92. The number of rotatable bonds is 8. The zero-order valence-electron chi connectivity index (χ0n) is 16.6. The van der Waals surface area contributed by atoms with Crippen LogP contribution in [0.25, 0.3) is 0 Å². The van der Waals surface area contributed by atoms with Crippen LogP contribution in [0, 0.1) is 13.8 Å². The second kappa shape index (κ2) is 8.98. The van der Waals surface area contributed by atoms with Crippen molar-refractivity contribution in [1.82, 2.24) is 5.43 Å². The van der Waals surface area contributed by atoms with Crippen LogP contribution in [0.2, 0.25) is 0 Å². The fourth-order valence-corrected chi connectivity index (χ4v) is 4.23. The third-order valence-electron chi connectivity index (χ3n) is 4.53. The van der Waals surface area contributed by atoms with Gasteiger partial charge in [-0.1, -0.05) is 36.4 Å². The summed E-state index contributed by atoms with van der Waals surface area (Å²) in [5.41, 5.74) is 9.56. The van der Waals surface area contributed by atoms with Gasteiger partial charge in [0.05, 0.1) is 16.9 Å².